The Morgan fingerprint density at radius 3 is 2.36 bits per heavy atom. The molecule has 0 fully saturated rings. The molecule has 1 aromatic rings. The van der Waals surface area contributed by atoms with E-state index < -0.39 is 0 Å². The molecule has 11 heavy (non-hydrogen) atoms. The molecule has 0 aliphatic rings. The molecule has 0 aliphatic heterocycles. The fraction of sp³-hybridized carbons (Fsp3) is 0. The molecular formula is C7H5BrClFZn. The van der Waals surface area contributed by atoms with Crippen molar-refractivity contribution < 1.29 is 20.7 Å². The minimum atomic E-state index is -0.320. The Hall–Kier alpha value is 0.413. The van der Waals surface area contributed by atoms with Crippen LogP contribution in [0.3, 0.4) is 0 Å². The van der Waals surface area contributed by atoms with E-state index in [0.717, 1.165) is 0 Å². The number of benzene rings is 1. The van der Waals surface area contributed by atoms with Gasteiger partial charge in [0.05, 0.1) is 0 Å². The van der Waals surface area contributed by atoms with Crippen LogP contribution >= 0.6 is 25.2 Å². The van der Waals surface area contributed by atoms with Crippen molar-refractivity contribution in [1.29, 1.82) is 0 Å². The summed E-state index contributed by atoms with van der Waals surface area (Å²) in [4.78, 5) is 0. The minimum absolute atomic E-state index is 0.320. The van der Waals surface area contributed by atoms with Crippen LogP contribution in [-0.2, 0) is 16.3 Å². The first kappa shape index (κ1) is 11.4. The molecule has 0 heterocycles. The van der Waals surface area contributed by atoms with Crippen molar-refractivity contribution in [3.63, 3.8) is 0 Å². The van der Waals surface area contributed by atoms with Crippen LogP contribution in [0.2, 0.25) is 5.02 Å². The van der Waals surface area contributed by atoms with E-state index in [-0.39, 0.29) is 5.82 Å². The molecule has 0 saturated heterocycles. The second-order valence-corrected chi connectivity index (χ2v) is 2.17. The van der Waals surface area contributed by atoms with Crippen LogP contribution in [0, 0.1) is 12.7 Å². The van der Waals surface area contributed by atoms with Crippen LogP contribution in [0.25, 0.3) is 0 Å². The molecule has 0 saturated carbocycles. The van der Waals surface area contributed by atoms with Crippen molar-refractivity contribution >= 4 is 25.2 Å². The average molecular weight is 289 g/mol. The number of hydrogen-bond donors (Lipinski definition) is 0. The Morgan fingerprint density at radius 1 is 1.45 bits per heavy atom. The Labute approximate surface area is 87.2 Å². The van der Waals surface area contributed by atoms with E-state index in [9.17, 15) is 4.39 Å². The van der Waals surface area contributed by atoms with E-state index >= 15 is 0 Å². The predicted octanol–water partition coefficient (Wildman–Crippen LogP) is 3.50. The molecule has 0 bridgehead atoms. The van der Waals surface area contributed by atoms with Gasteiger partial charge >= 0.3 is 30.0 Å². The van der Waals surface area contributed by atoms with Gasteiger partial charge in [0.2, 0.25) is 0 Å². The number of rotatable bonds is 0. The van der Waals surface area contributed by atoms with Crippen molar-refractivity contribution in [3.05, 3.63) is 41.5 Å². The van der Waals surface area contributed by atoms with Crippen molar-refractivity contribution in [2.45, 2.75) is 0 Å². The van der Waals surface area contributed by atoms with Gasteiger partial charge in [-0.25, -0.2) is 0 Å². The van der Waals surface area contributed by atoms with E-state index in [4.69, 9.17) is 11.6 Å². The first-order valence-corrected chi connectivity index (χ1v) is 10.1. The summed E-state index contributed by atoms with van der Waals surface area (Å²) in [5, 5.41) is 0.515. The standard InChI is InChI=1S/C7H5ClF.BrH.Zn/c1-5-4-6(8)2-3-7(5)9;;/h2-4H,1H2;1H;/q-1;;+2/p-1. The van der Waals surface area contributed by atoms with Crippen LogP contribution in [0.4, 0.5) is 4.39 Å². The summed E-state index contributed by atoms with van der Waals surface area (Å²) in [5.41, 5.74) is 0.336. The third kappa shape index (κ3) is 4.10. The number of halogens is 3. The Bertz CT molecular complexity index is 230. The zero-order chi connectivity index (χ0) is 8.85. The topological polar surface area (TPSA) is 0 Å². The first-order valence-electron chi connectivity index (χ1n) is 2.74. The van der Waals surface area contributed by atoms with Crippen LogP contribution in [0.15, 0.2) is 18.2 Å². The summed E-state index contributed by atoms with van der Waals surface area (Å²) in [6.45, 7) is 3.42. The third-order valence-corrected chi connectivity index (χ3v) is 1.24. The molecule has 0 atom stereocenters. The van der Waals surface area contributed by atoms with Crippen LogP contribution in [0.1, 0.15) is 5.56 Å². The average Bonchev–Trinajstić information content (AvgIpc) is 2.02. The van der Waals surface area contributed by atoms with Crippen molar-refractivity contribution in [2.24, 2.45) is 0 Å². The molecule has 56 valence electrons. The van der Waals surface area contributed by atoms with Gasteiger partial charge in [0, 0.05) is 5.82 Å². The molecule has 0 amide bonds. The Kier molecular flexibility index (Phi) is 6.21. The second-order valence-electron chi connectivity index (χ2n) is 1.74. The summed E-state index contributed by atoms with van der Waals surface area (Å²) in [6.07, 6.45) is 0. The molecule has 0 unspecified atom stereocenters. The molecule has 0 aliphatic carbocycles. The molecule has 0 radical (unpaired) electrons. The van der Waals surface area contributed by atoms with Gasteiger partial charge in [-0.15, -0.1) is 6.07 Å². The molecule has 0 N–H and O–H groups in total. The van der Waals surface area contributed by atoms with Crippen molar-refractivity contribution in [3.8, 4) is 0 Å². The summed E-state index contributed by atoms with van der Waals surface area (Å²) < 4.78 is 12.4. The molecule has 0 spiro atoms. The van der Waals surface area contributed by atoms with Crippen LogP contribution in [0.5, 0.6) is 0 Å². The summed E-state index contributed by atoms with van der Waals surface area (Å²) >= 11 is 9.76. The van der Waals surface area contributed by atoms with Gasteiger partial charge in [0.15, 0.2) is 0 Å². The quantitative estimate of drug-likeness (QED) is 0.506. The molecule has 1 aromatic carbocycles. The molecule has 0 nitrogen and oxygen atoms in total. The van der Waals surface area contributed by atoms with Gasteiger partial charge in [-0.1, -0.05) is 23.7 Å². The normalized spacial score (nSPS) is 8.45. The second kappa shape index (κ2) is 5.99. The monoisotopic (exact) mass is 286 g/mol. The summed E-state index contributed by atoms with van der Waals surface area (Å²) in [5.74, 6) is -0.320. The fourth-order valence-electron chi connectivity index (χ4n) is 0.543. The van der Waals surface area contributed by atoms with E-state index in [1.54, 1.807) is 0 Å². The van der Waals surface area contributed by atoms with Gasteiger partial charge in [-0.3, -0.25) is 4.39 Å². The maximum atomic E-state index is 12.4. The van der Waals surface area contributed by atoms with Crippen molar-refractivity contribution in [2.75, 3.05) is 0 Å². The Balaban J connectivity index is 0.000000461. The van der Waals surface area contributed by atoms with Crippen molar-refractivity contribution in [1.82, 2.24) is 0 Å². The van der Waals surface area contributed by atoms with E-state index in [0.29, 0.717) is 10.6 Å². The summed E-state index contributed by atoms with van der Waals surface area (Å²) in [6, 6.07) is 4.27. The molecule has 1 rings (SSSR count). The van der Waals surface area contributed by atoms with Gasteiger partial charge in [0.1, 0.15) is 0 Å². The Morgan fingerprint density at radius 2 is 2.00 bits per heavy atom. The predicted molar refractivity (Wildman–Crippen MR) is 44.8 cm³/mol. The van der Waals surface area contributed by atoms with Crippen LogP contribution < -0.4 is 0 Å². The zero-order valence-corrected chi connectivity index (χ0v) is 11.1. The first-order chi connectivity index (χ1) is 5.20. The molecule has 4 heteroatoms. The van der Waals surface area contributed by atoms with Gasteiger partial charge in [0.25, 0.3) is 0 Å². The van der Waals surface area contributed by atoms with Crippen LogP contribution in [-0.4, -0.2) is 0 Å². The SMILES string of the molecule is [CH2-]c1cc(Cl)ccc1F.[Zn+][Br]. The molecule has 0 aromatic heterocycles. The van der Waals surface area contributed by atoms with Gasteiger partial charge in [-0.05, 0) is 5.02 Å². The van der Waals surface area contributed by atoms with Gasteiger partial charge < -0.3 is 0 Å². The number of hydrogen-bond acceptors (Lipinski definition) is 0. The maximum absolute atomic E-state index is 12.4. The van der Waals surface area contributed by atoms with Gasteiger partial charge in [-0.2, -0.15) is 12.5 Å². The van der Waals surface area contributed by atoms with E-state index in [1.807, 2.05) is 0 Å². The van der Waals surface area contributed by atoms with E-state index in [2.05, 4.69) is 20.5 Å². The fourth-order valence-corrected chi connectivity index (χ4v) is 0.738. The molecular weight excluding hydrogens is 284 g/mol. The zero-order valence-electron chi connectivity index (χ0n) is 5.78. The summed E-state index contributed by atoms with van der Waals surface area (Å²) in [7, 11) is 0. The van der Waals surface area contributed by atoms with E-state index in [1.165, 1.54) is 34.5 Å². The third-order valence-electron chi connectivity index (χ3n) is 1.01.